The number of aryl methyl sites for hydroxylation is 2. The maximum atomic E-state index is 13.0. The number of carbonyl (C=O) groups is 2. The first-order valence-electron chi connectivity index (χ1n) is 10.0. The van der Waals surface area contributed by atoms with Crippen molar-refractivity contribution in [2.75, 3.05) is 33.2 Å². The van der Waals surface area contributed by atoms with Gasteiger partial charge in [0.15, 0.2) is 0 Å². The smallest absolute Gasteiger partial charge is 0.253 e. The number of likely N-dealkylation sites (N-methyl/N-ethyl adjacent to an activating group) is 1. The number of likely N-dealkylation sites (tertiary alicyclic amines) is 2. The molecule has 1 aromatic carbocycles. The Labute approximate surface area is 155 Å². The Morgan fingerprint density at radius 1 is 1.19 bits per heavy atom. The molecular weight excluding hydrogens is 326 g/mol. The third-order valence-corrected chi connectivity index (χ3v) is 6.38. The molecule has 2 atom stereocenters. The van der Waals surface area contributed by atoms with Gasteiger partial charge >= 0.3 is 0 Å². The lowest BCUT2D eigenvalue weighted by molar-refractivity contribution is -0.140. The van der Waals surface area contributed by atoms with Crippen molar-refractivity contribution in [3.05, 3.63) is 34.9 Å². The number of nitrogens with one attached hydrogen (secondary N) is 1. The monoisotopic (exact) mass is 355 g/mol. The van der Waals surface area contributed by atoms with Crippen molar-refractivity contribution in [1.82, 2.24) is 15.1 Å². The number of amides is 2. The highest BCUT2D eigenvalue weighted by molar-refractivity contribution is 5.94. The van der Waals surface area contributed by atoms with Crippen molar-refractivity contribution in [1.29, 1.82) is 0 Å². The molecule has 4 rings (SSSR count). The van der Waals surface area contributed by atoms with E-state index >= 15 is 0 Å². The normalized spacial score (nSPS) is 25.2. The highest BCUT2D eigenvalue weighted by Gasteiger charge is 2.40. The van der Waals surface area contributed by atoms with Crippen LogP contribution in [-0.2, 0) is 17.6 Å². The van der Waals surface area contributed by atoms with Gasteiger partial charge in [-0.15, -0.1) is 0 Å². The van der Waals surface area contributed by atoms with Crippen LogP contribution in [0.2, 0.25) is 0 Å². The maximum absolute atomic E-state index is 13.0. The first kappa shape index (κ1) is 17.5. The van der Waals surface area contributed by atoms with Gasteiger partial charge in [0.25, 0.3) is 5.91 Å². The fourth-order valence-corrected chi connectivity index (χ4v) is 4.95. The van der Waals surface area contributed by atoms with E-state index in [1.165, 1.54) is 17.5 Å². The van der Waals surface area contributed by atoms with Gasteiger partial charge in [-0.25, -0.2) is 0 Å². The van der Waals surface area contributed by atoms with Crippen LogP contribution < -0.4 is 5.32 Å². The van der Waals surface area contributed by atoms with E-state index in [-0.39, 0.29) is 11.8 Å². The topological polar surface area (TPSA) is 52.7 Å². The van der Waals surface area contributed by atoms with Gasteiger partial charge in [-0.05, 0) is 68.3 Å². The number of benzene rings is 1. The van der Waals surface area contributed by atoms with Crippen LogP contribution in [0.3, 0.4) is 0 Å². The Morgan fingerprint density at radius 3 is 2.88 bits per heavy atom. The highest BCUT2D eigenvalue weighted by atomic mass is 16.2. The summed E-state index contributed by atoms with van der Waals surface area (Å²) in [5, 5.41) is 3.14. The summed E-state index contributed by atoms with van der Waals surface area (Å²) in [5.41, 5.74) is 3.60. The van der Waals surface area contributed by atoms with Crippen molar-refractivity contribution in [2.24, 2.45) is 5.92 Å². The lowest BCUT2D eigenvalue weighted by atomic mass is 9.83. The van der Waals surface area contributed by atoms with E-state index in [2.05, 4.69) is 22.3 Å². The zero-order valence-corrected chi connectivity index (χ0v) is 15.7. The Morgan fingerprint density at radius 2 is 2.04 bits per heavy atom. The van der Waals surface area contributed by atoms with Crippen LogP contribution in [0.4, 0.5) is 0 Å². The van der Waals surface area contributed by atoms with Gasteiger partial charge < -0.3 is 15.1 Å². The number of piperidine rings is 2. The number of fused-ring (bicyclic) bond motifs is 2. The zero-order chi connectivity index (χ0) is 18.1. The standard InChI is InChI=1S/C21H29N3O2/c1-22-10-12-24-19-9-11-23(14-18(19)7-8-20(24)25)21(26)17-6-5-15-3-2-4-16(15)13-17/h5-6,13,18-19,22H,2-4,7-12,14H2,1H3. The second-order valence-electron chi connectivity index (χ2n) is 7.93. The second-order valence-corrected chi connectivity index (χ2v) is 7.93. The molecule has 2 amide bonds. The zero-order valence-electron chi connectivity index (χ0n) is 15.7. The Bertz CT molecular complexity index is 702. The third-order valence-electron chi connectivity index (χ3n) is 6.38. The van der Waals surface area contributed by atoms with Crippen molar-refractivity contribution in [3.63, 3.8) is 0 Å². The van der Waals surface area contributed by atoms with Crippen LogP contribution in [0.15, 0.2) is 18.2 Å². The molecule has 0 bridgehead atoms. The summed E-state index contributed by atoms with van der Waals surface area (Å²) in [6.07, 6.45) is 5.88. The Kier molecular flexibility index (Phi) is 4.98. The molecule has 1 aromatic rings. The van der Waals surface area contributed by atoms with Crippen molar-refractivity contribution >= 4 is 11.8 Å². The van der Waals surface area contributed by atoms with Gasteiger partial charge in [-0.1, -0.05) is 6.07 Å². The summed E-state index contributed by atoms with van der Waals surface area (Å²) in [4.78, 5) is 29.4. The van der Waals surface area contributed by atoms with Gasteiger partial charge in [0.05, 0.1) is 0 Å². The van der Waals surface area contributed by atoms with Crippen LogP contribution in [0, 0.1) is 5.92 Å². The molecular formula is C21H29N3O2. The summed E-state index contributed by atoms with van der Waals surface area (Å²) < 4.78 is 0. The van der Waals surface area contributed by atoms with E-state index in [9.17, 15) is 9.59 Å². The minimum absolute atomic E-state index is 0.164. The molecule has 0 radical (unpaired) electrons. The minimum atomic E-state index is 0.164. The summed E-state index contributed by atoms with van der Waals surface area (Å²) in [6.45, 7) is 3.13. The summed E-state index contributed by atoms with van der Waals surface area (Å²) >= 11 is 0. The molecule has 2 heterocycles. The molecule has 5 nitrogen and oxygen atoms in total. The quantitative estimate of drug-likeness (QED) is 0.897. The number of nitrogens with zero attached hydrogens (tertiary/aromatic N) is 2. The predicted molar refractivity (Wildman–Crippen MR) is 101 cm³/mol. The molecule has 3 aliphatic rings. The van der Waals surface area contributed by atoms with E-state index < -0.39 is 0 Å². The van der Waals surface area contributed by atoms with E-state index in [1.807, 2.05) is 18.0 Å². The third kappa shape index (κ3) is 3.25. The molecule has 2 aliphatic heterocycles. The molecule has 2 saturated heterocycles. The number of hydrogen-bond acceptors (Lipinski definition) is 3. The molecule has 1 N–H and O–H groups in total. The molecule has 2 unspecified atom stereocenters. The number of hydrogen-bond donors (Lipinski definition) is 1. The lowest BCUT2D eigenvalue weighted by Crippen LogP contribution is -2.57. The number of rotatable bonds is 4. The first-order chi connectivity index (χ1) is 12.7. The molecule has 0 aromatic heterocycles. The molecule has 140 valence electrons. The molecule has 5 heteroatoms. The van der Waals surface area contributed by atoms with E-state index in [4.69, 9.17) is 0 Å². The maximum Gasteiger partial charge on any atom is 0.253 e. The largest absolute Gasteiger partial charge is 0.338 e. The van der Waals surface area contributed by atoms with E-state index in [1.54, 1.807) is 0 Å². The van der Waals surface area contributed by atoms with Gasteiger partial charge in [0.1, 0.15) is 0 Å². The minimum Gasteiger partial charge on any atom is -0.338 e. The fraction of sp³-hybridized carbons (Fsp3) is 0.619. The molecule has 26 heavy (non-hydrogen) atoms. The molecule has 0 spiro atoms. The van der Waals surface area contributed by atoms with Crippen molar-refractivity contribution < 1.29 is 9.59 Å². The van der Waals surface area contributed by atoms with Gasteiger partial charge in [-0.2, -0.15) is 0 Å². The average Bonchev–Trinajstić information content (AvgIpc) is 3.14. The Balaban J connectivity index is 1.44. The van der Waals surface area contributed by atoms with E-state index in [0.29, 0.717) is 18.4 Å². The van der Waals surface area contributed by atoms with Crippen molar-refractivity contribution in [2.45, 2.75) is 44.6 Å². The second kappa shape index (κ2) is 7.39. The lowest BCUT2D eigenvalue weighted by Gasteiger charge is -2.47. The summed E-state index contributed by atoms with van der Waals surface area (Å²) in [5.74, 6) is 0.855. The van der Waals surface area contributed by atoms with Gasteiger partial charge in [0.2, 0.25) is 5.91 Å². The van der Waals surface area contributed by atoms with Gasteiger partial charge in [-0.3, -0.25) is 9.59 Å². The number of carbonyl (C=O) groups excluding carboxylic acids is 2. The fourth-order valence-electron chi connectivity index (χ4n) is 4.95. The van der Waals surface area contributed by atoms with Crippen LogP contribution in [0.25, 0.3) is 0 Å². The van der Waals surface area contributed by atoms with Crippen LogP contribution in [0.1, 0.15) is 47.2 Å². The van der Waals surface area contributed by atoms with Crippen LogP contribution >= 0.6 is 0 Å². The van der Waals surface area contributed by atoms with E-state index in [0.717, 1.165) is 57.4 Å². The van der Waals surface area contributed by atoms with Crippen LogP contribution in [-0.4, -0.2) is 60.9 Å². The summed E-state index contributed by atoms with van der Waals surface area (Å²) in [7, 11) is 1.92. The predicted octanol–water partition coefficient (Wildman–Crippen LogP) is 1.85. The molecule has 2 fully saturated rings. The molecule has 1 aliphatic carbocycles. The van der Waals surface area contributed by atoms with Crippen molar-refractivity contribution in [3.8, 4) is 0 Å². The summed E-state index contributed by atoms with van der Waals surface area (Å²) in [6, 6.07) is 6.55. The average molecular weight is 355 g/mol. The first-order valence-corrected chi connectivity index (χ1v) is 10.0. The Hall–Kier alpha value is -1.88. The van der Waals surface area contributed by atoms with Crippen LogP contribution in [0.5, 0.6) is 0 Å². The highest BCUT2D eigenvalue weighted by Crippen LogP contribution is 2.32. The molecule has 0 saturated carbocycles. The van der Waals surface area contributed by atoms with Gasteiger partial charge in [0, 0.05) is 44.2 Å². The SMILES string of the molecule is CNCCN1C(=O)CCC2CN(C(=O)c3ccc4c(c3)CCC4)CCC21.